The van der Waals surface area contributed by atoms with Crippen LogP contribution in [-0.2, 0) is 6.54 Å². The molecule has 0 aliphatic carbocycles. The normalized spacial score (nSPS) is 10.4. The maximum atomic E-state index is 13.0. The van der Waals surface area contributed by atoms with E-state index in [2.05, 4.69) is 0 Å². The number of nitrogens with two attached hydrogens (primary N) is 1. The van der Waals surface area contributed by atoms with Crippen molar-refractivity contribution in [2.45, 2.75) is 6.54 Å². The molecule has 0 radical (unpaired) electrons. The maximum absolute atomic E-state index is 13.0. The van der Waals surface area contributed by atoms with E-state index in [9.17, 15) is 4.39 Å². The fraction of sp³-hybridized carbons (Fsp3) is 0.0769. The summed E-state index contributed by atoms with van der Waals surface area (Å²) in [7, 11) is 0. The first-order chi connectivity index (χ1) is 7.70. The van der Waals surface area contributed by atoms with Crippen molar-refractivity contribution in [3.8, 4) is 11.1 Å². The van der Waals surface area contributed by atoms with Crippen LogP contribution < -0.4 is 5.73 Å². The van der Waals surface area contributed by atoms with Gasteiger partial charge in [-0.2, -0.15) is 0 Å². The van der Waals surface area contributed by atoms with E-state index in [1.54, 1.807) is 12.1 Å². The third-order valence-corrected chi connectivity index (χ3v) is 2.66. The summed E-state index contributed by atoms with van der Waals surface area (Å²) in [6.07, 6.45) is 0. The third-order valence-electron chi connectivity index (χ3n) is 2.42. The fourth-order valence-electron chi connectivity index (χ4n) is 1.67. The van der Waals surface area contributed by atoms with Crippen LogP contribution >= 0.6 is 11.6 Å². The van der Waals surface area contributed by atoms with Crippen LogP contribution in [0.2, 0.25) is 5.02 Å². The van der Waals surface area contributed by atoms with Gasteiger partial charge < -0.3 is 5.73 Å². The summed E-state index contributed by atoms with van der Waals surface area (Å²) < 4.78 is 13.0. The summed E-state index contributed by atoms with van der Waals surface area (Å²) in [5.74, 6) is -0.272. The molecule has 0 atom stereocenters. The van der Waals surface area contributed by atoms with Gasteiger partial charge in [-0.1, -0.05) is 29.8 Å². The van der Waals surface area contributed by atoms with E-state index >= 15 is 0 Å². The highest BCUT2D eigenvalue weighted by Gasteiger charge is 2.05. The average Bonchev–Trinajstić information content (AvgIpc) is 2.28. The molecule has 2 aromatic rings. The SMILES string of the molecule is NCc1cc(F)ccc1-c1cccc(Cl)c1. The van der Waals surface area contributed by atoms with Gasteiger partial charge in [-0.05, 0) is 41.0 Å². The largest absolute Gasteiger partial charge is 0.326 e. The summed E-state index contributed by atoms with van der Waals surface area (Å²) in [6, 6.07) is 12.0. The van der Waals surface area contributed by atoms with Gasteiger partial charge in [-0.3, -0.25) is 0 Å². The molecule has 0 heterocycles. The summed E-state index contributed by atoms with van der Waals surface area (Å²) in [4.78, 5) is 0. The van der Waals surface area contributed by atoms with Crippen LogP contribution in [-0.4, -0.2) is 0 Å². The molecule has 0 aliphatic rings. The van der Waals surface area contributed by atoms with Gasteiger partial charge in [-0.15, -0.1) is 0 Å². The van der Waals surface area contributed by atoms with Crippen LogP contribution in [0.5, 0.6) is 0 Å². The van der Waals surface area contributed by atoms with Gasteiger partial charge in [0, 0.05) is 11.6 Å². The molecule has 0 spiro atoms. The van der Waals surface area contributed by atoms with Crippen molar-refractivity contribution in [3.63, 3.8) is 0 Å². The number of hydrogen-bond donors (Lipinski definition) is 1. The first-order valence-corrected chi connectivity index (χ1v) is 5.33. The van der Waals surface area contributed by atoms with Crippen molar-refractivity contribution in [3.05, 3.63) is 58.9 Å². The zero-order valence-corrected chi connectivity index (χ0v) is 9.34. The van der Waals surface area contributed by atoms with Crippen molar-refractivity contribution in [1.82, 2.24) is 0 Å². The van der Waals surface area contributed by atoms with Crippen LogP contribution in [0.15, 0.2) is 42.5 Å². The van der Waals surface area contributed by atoms with Crippen LogP contribution in [0.4, 0.5) is 4.39 Å². The highest BCUT2D eigenvalue weighted by molar-refractivity contribution is 6.30. The van der Waals surface area contributed by atoms with Crippen molar-refractivity contribution < 1.29 is 4.39 Å². The first-order valence-electron chi connectivity index (χ1n) is 4.95. The van der Waals surface area contributed by atoms with E-state index in [0.29, 0.717) is 11.6 Å². The molecule has 0 saturated carbocycles. The second-order valence-corrected chi connectivity index (χ2v) is 3.95. The summed E-state index contributed by atoms with van der Waals surface area (Å²) in [5.41, 5.74) is 8.25. The topological polar surface area (TPSA) is 26.0 Å². The molecule has 0 bridgehead atoms. The van der Waals surface area contributed by atoms with E-state index in [1.807, 2.05) is 18.2 Å². The Balaban J connectivity index is 2.55. The molecule has 0 saturated heterocycles. The van der Waals surface area contributed by atoms with E-state index in [4.69, 9.17) is 17.3 Å². The minimum atomic E-state index is -0.272. The second-order valence-electron chi connectivity index (χ2n) is 3.52. The number of rotatable bonds is 2. The van der Waals surface area contributed by atoms with Gasteiger partial charge in [0.2, 0.25) is 0 Å². The van der Waals surface area contributed by atoms with Gasteiger partial charge >= 0.3 is 0 Å². The van der Waals surface area contributed by atoms with E-state index in [-0.39, 0.29) is 5.82 Å². The number of benzene rings is 2. The molecule has 0 fully saturated rings. The van der Waals surface area contributed by atoms with Crippen molar-refractivity contribution >= 4 is 11.6 Å². The van der Waals surface area contributed by atoms with Crippen molar-refractivity contribution in [1.29, 1.82) is 0 Å². The predicted molar refractivity (Wildman–Crippen MR) is 64.7 cm³/mol. The summed E-state index contributed by atoms with van der Waals surface area (Å²) in [5, 5.41) is 0.657. The minimum Gasteiger partial charge on any atom is -0.326 e. The van der Waals surface area contributed by atoms with Crippen LogP contribution in [0.25, 0.3) is 11.1 Å². The molecular weight excluding hydrogens is 225 g/mol. The predicted octanol–water partition coefficient (Wildman–Crippen LogP) is 3.60. The molecular formula is C13H11ClFN. The van der Waals surface area contributed by atoms with Gasteiger partial charge in [0.05, 0.1) is 0 Å². The molecule has 0 unspecified atom stereocenters. The molecule has 2 N–H and O–H groups in total. The Morgan fingerprint density at radius 2 is 1.94 bits per heavy atom. The number of hydrogen-bond acceptors (Lipinski definition) is 1. The van der Waals surface area contributed by atoms with Crippen LogP contribution in [0.1, 0.15) is 5.56 Å². The molecule has 2 aromatic carbocycles. The fourth-order valence-corrected chi connectivity index (χ4v) is 1.86. The average molecular weight is 236 g/mol. The lowest BCUT2D eigenvalue weighted by Crippen LogP contribution is -1.99. The third kappa shape index (κ3) is 2.23. The highest BCUT2D eigenvalue weighted by Crippen LogP contribution is 2.26. The molecule has 82 valence electrons. The molecule has 3 heteroatoms. The Labute approximate surface area is 98.7 Å². The van der Waals surface area contributed by atoms with Crippen LogP contribution in [0.3, 0.4) is 0 Å². The molecule has 1 nitrogen and oxygen atoms in total. The quantitative estimate of drug-likeness (QED) is 0.846. The zero-order chi connectivity index (χ0) is 11.5. The lowest BCUT2D eigenvalue weighted by Gasteiger charge is -2.08. The van der Waals surface area contributed by atoms with Gasteiger partial charge in [0.25, 0.3) is 0 Å². The van der Waals surface area contributed by atoms with Gasteiger partial charge in [0.1, 0.15) is 5.82 Å². The Kier molecular flexibility index (Phi) is 3.22. The first kappa shape index (κ1) is 11.1. The van der Waals surface area contributed by atoms with Crippen LogP contribution in [0, 0.1) is 5.82 Å². The second kappa shape index (κ2) is 4.64. The monoisotopic (exact) mass is 235 g/mol. The summed E-state index contributed by atoms with van der Waals surface area (Å²) in [6.45, 7) is 0.305. The van der Waals surface area contributed by atoms with Crippen molar-refractivity contribution in [2.24, 2.45) is 5.73 Å². The Hall–Kier alpha value is -1.38. The van der Waals surface area contributed by atoms with Gasteiger partial charge in [0.15, 0.2) is 0 Å². The van der Waals surface area contributed by atoms with E-state index in [1.165, 1.54) is 12.1 Å². The molecule has 0 aromatic heterocycles. The Bertz CT molecular complexity index is 511. The number of halogens is 2. The smallest absolute Gasteiger partial charge is 0.123 e. The molecule has 16 heavy (non-hydrogen) atoms. The lowest BCUT2D eigenvalue weighted by molar-refractivity contribution is 0.625. The Morgan fingerprint density at radius 3 is 2.62 bits per heavy atom. The van der Waals surface area contributed by atoms with Crippen molar-refractivity contribution in [2.75, 3.05) is 0 Å². The van der Waals surface area contributed by atoms with E-state index in [0.717, 1.165) is 16.7 Å². The molecule has 0 aliphatic heterocycles. The zero-order valence-electron chi connectivity index (χ0n) is 8.58. The molecule has 2 rings (SSSR count). The van der Waals surface area contributed by atoms with Gasteiger partial charge in [-0.25, -0.2) is 4.39 Å². The highest BCUT2D eigenvalue weighted by atomic mass is 35.5. The Morgan fingerprint density at radius 1 is 1.12 bits per heavy atom. The lowest BCUT2D eigenvalue weighted by atomic mass is 10.00. The molecule has 0 amide bonds. The summed E-state index contributed by atoms with van der Waals surface area (Å²) >= 11 is 5.92. The maximum Gasteiger partial charge on any atom is 0.123 e. The standard InChI is InChI=1S/C13H11ClFN/c14-11-3-1-2-9(6-11)13-5-4-12(15)7-10(13)8-16/h1-7H,8,16H2. The van der Waals surface area contributed by atoms with E-state index < -0.39 is 0 Å². The minimum absolute atomic E-state index is 0.272.